The van der Waals surface area contributed by atoms with Crippen molar-refractivity contribution in [1.29, 1.82) is 0 Å². The first-order valence-corrected chi connectivity index (χ1v) is 7.06. The van der Waals surface area contributed by atoms with Gasteiger partial charge in [-0.3, -0.25) is 0 Å². The summed E-state index contributed by atoms with van der Waals surface area (Å²) < 4.78 is 27.0. The van der Waals surface area contributed by atoms with E-state index in [-0.39, 0.29) is 11.5 Å². The fourth-order valence-electron chi connectivity index (χ4n) is 3.49. The van der Waals surface area contributed by atoms with Crippen LogP contribution < -0.4 is 5.32 Å². The van der Waals surface area contributed by atoms with Crippen LogP contribution in [0.15, 0.2) is 18.2 Å². The van der Waals surface area contributed by atoms with Crippen LogP contribution >= 0.6 is 0 Å². The van der Waals surface area contributed by atoms with Gasteiger partial charge in [0, 0.05) is 6.04 Å². The van der Waals surface area contributed by atoms with Gasteiger partial charge in [-0.25, -0.2) is 8.78 Å². The summed E-state index contributed by atoms with van der Waals surface area (Å²) in [5.41, 5.74) is 0.749. The molecule has 0 amide bonds. The van der Waals surface area contributed by atoms with Gasteiger partial charge in [-0.05, 0) is 49.3 Å². The van der Waals surface area contributed by atoms with Gasteiger partial charge in [0.05, 0.1) is 0 Å². The second-order valence-corrected chi connectivity index (χ2v) is 6.30. The molecule has 1 N–H and O–H groups in total. The van der Waals surface area contributed by atoms with Crippen LogP contribution in [-0.2, 0) is 6.42 Å². The van der Waals surface area contributed by atoms with E-state index in [1.54, 1.807) is 12.1 Å². The quantitative estimate of drug-likeness (QED) is 0.871. The van der Waals surface area contributed by atoms with Crippen molar-refractivity contribution in [3.63, 3.8) is 0 Å². The molecule has 1 aromatic carbocycles. The Kier molecular flexibility index (Phi) is 4.24. The van der Waals surface area contributed by atoms with Crippen LogP contribution in [0.2, 0.25) is 0 Å². The van der Waals surface area contributed by atoms with Crippen molar-refractivity contribution in [3.8, 4) is 0 Å². The molecule has 0 spiro atoms. The zero-order chi connectivity index (χ0) is 14.0. The van der Waals surface area contributed by atoms with Crippen LogP contribution in [0.4, 0.5) is 8.78 Å². The summed E-state index contributed by atoms with van der Waals surface area (Å²) in [6.07, 6.45) is 4.15. The van der Waals surface area contributed by atoms with E-state index in [9.17, 15) is 8.78 Å². The largest absolute Gasteiger partial charge is 0.316 e. The van der Waals surface area contributed by atoms with E-state index >= 15 is 0 Å². The standard InChI is InChI=1S/C16H23F2N/c1-16(2)9-5-7-12(16)14(19-3)10-11-6-4-8-13(17)15(11)18/h4,6,8,12,14,19H,5,7,9-10H2,1-3H3. The topological polar surface area (TPSA) is 12.0 Å². The van der Waals surface area contributed by atoms with Gasteiger partial charge < -0.3 is 5.32 Å². The molecule has 1 aliphatic rings. The van der Waals surface area contributed by atoms with E-state index in [4.69, 9.17) is 0 Å². The average Bonchev–Trinajstić information content (AvgIpc) is 2.71. The molecule has 0 heterocycles. The van der Waals surface area contributed by atoms with Gasteiger partial charge in [-0.2, -0.15) is 0 Å². The van der Waals surface area contributed by atoms with Crippen molar-refractivity contribution in [2.24, 2.45) is 11.3 Å². The molecule has 1 nitrogen and oxygen atoms in total. The fraction of sp³-hybridized carbons (Fsp3) is 0.625. The maximum absolute atomic E-state index is 13.8. The van der Waals surface area contributed by atoms with E-state index in [0.29, 0.717) is 17.9 Å². The Morgan fingerprint density at radius 2 is 2.11 bits per heavy atom. The zero-order valence-electron chi connectivity index (χ0n) is 12.0. The first-order chi connectivity index (χ1) is 8.95. The van der Waals surface area contributed by atoms with E-state index in [2.05, 4.69) is 19.2 Å². The molecule has 0 aromatic heterocycles. The number of rotatable bonds is 4. The Bertz CT molecular complexity index is 442. The third-order valence-electron chi connectivity index (χ3n) is 4.67. The maximum atomic E-state index is 13.8. The zero-order valence-corrected chi connectivity index (χ0v) is 12.0. The molecule has 3 heteroatoms. The van der Waals surface area contributed by atoms with Gasteiger partial charge in [-0.1, -0.05) is 32.4 Å². The average molecular weight is 267 g/mol. The SMILES string of the molecule is CNC(Cc1cccc(F)c1F)C1CCCC1(C)C. The Morgan fingerprint density at radius 1 is 1.37 bits per heavy atom. The number of hydrogen-bond acceptors (Lipinski definition) is 1. The van der Waals surface area contributed by atoms with E-state index in [0.717, 1.165) is 6.42 Å². The highest BCUT2D eigenvalue weighted by Gasteiger charge is 2.39. The van der Waals surface area contributed by atoms with Gasteiger partial charge in [0.1, 0.15) is 0 Å². The molecule has 2 unspecified atom stereocenters. The molecule has 1 aromatic rings. The van der Waals surface area contributed by atoms with E-state index in [1.165, 1.54) is 18.9 Å². The third kappa shape index (κ3) is 2.97. The van der Waals surface area contributed by atoms with Crippen LogP contribution in [0, 0.1) is 23.0 Å². The lowest BCUT2D eigenvalue weighted by atomic mass is 9.76. The minimum absolute atomic E-state index is 0.203. The number of nitrogens with one attached hydrogen (secondary N) is 1. The summed E-state index contributed by atoms with van der Waals surface area (Å²) in [6, 6.07) is 4.64. The van der Waals surface area contributed by atoms with E-state index < -0.39 is 11.6 Å². The molecule has 0 radical (unpaired) electrons. The van der Waals surface area contributed by atoms with Crippen molar-refractivity contribution in [2.45, 2.75) is 45.6 Å². The van der Waals surface area contributed by atoms with Crippen LogP contribution in [-0.4, -0.2) is 13.1 Å². The first-order valence-electron chi connectivity index (χ1n) is 7.06. The molecule has 0 bridgehead atoms. The monoisotopic (exact) mass is 267 g/mol. The normalized spacial score (nSPS) is 23.5. The molecule has 19 heavy (non-hydrogen) atoms. The second-order valence-electron chi connectivity index (χ2n) is 6.30. The Hall–Kier alpha value is -0.960. The molecule has 2 rings (SSSR count). The van der Waals surface area contributed by atoms with Crippen molar-refractivity contribution in [2.75, 3.05) is 7.05 Å². The van der Waals surface area contributed by atoms with Gasteiger partial charge in [-0.15, -0.1) is 0 Å². The summed E-state index contributed by atoms with van der Waals surface area (Å²) in [4.78, 5) is 0. The predicted octanol–water partition coefficient (Wildman–Crippen LogP) is 3.92. The highest BCUT2D eigenvalue weighted by molar-refractivity contribution is 5.20. The third-order valence-corrected chi connectivity index (χ3v) is 4.67. The molecule has 2 atom stereocenters. The van der Waals surface area contributed by atoms with E-state index in [1.807, 2.05) is 7.05 Å². The summed E-state index contributed by atoms with van der Waals surface area (Å²) in [5, 5.41) is 3.31. The highest BCUT2D eigenvalue weighted by atomic mass is 19.2. The Morgan fingerprint density at radius 3 is 2.68 bits per heavy atom. The van der Waals surface area contributed by atoms with Crippen LogP contribution in [0.1, 0.15) is 38.7 Å². The first kappa shape index (κ1) is 14.4. The molecule has 1 aliphatic carbocycles. The molecule has 1 fully saturated rings. The lowest BCUT2D eigenvalue weighted by molar-refractivity contribution is 0.200. The summed E-state index contributed by atoms with van der Waals surface area (Å²) in [7, 11) is 1.91. The minimum atomic E-state index is -0.752. The predicted molar refractivity (Wildman–Crippen MR) is 74.0 cm³/mol. The summed E-state index contributed by atoms with van der Waals surface area (Å²) in [5.74, 6) is -0.934. The smallest absolute Gasteiger partial charge is 0.162 e. The molecular weight excluding hydrogens is 244 g/mol. The van der Waals surface area contributed by atoms with Gasteiger partial charge in [0.25, 0.3) is 0 Å². The molecule has 0 saturated heterocycles. The fourth-order valence-corrected chi connectivity index (χ4v) is 3.49. The number of hydrogen-bond donors (Lipinski definition) is 1. The maximum Gasteiger partial charge on any atom is 0.162 e. The van der Waals surface area contributed by atoms with Crippen molar-refractivity contribution >= 4 is 0 Å². The lowest BCUT2D eigenvalue weighted by Crippen LogP contribution is -2.40. The Labute approximate surface area is 114 Å². The minimum Gasteiger partial charge on any atom is -0.316 e. The summed E-state index contributed by atoms with van der Waals surface area (Å²) in [6.45, 7) is 4.55. The van der Waals surface area contributed by atoms with Gasteiger partial charge in [0.15, 0.2) is 11.6 Å². The van der Waals surface area contributed by atoms with Crippen molar-refractivity contribution in [1.82, 2.24) is 5.32 Å². The highest BCUT2D eigenvalue weighted by Crippen LogP contribution is 2.44. The number of halogens is 2. The lowest BCUT2D eigenvalue weighted by Gasteiger charge is -2.34. The number of benzene rings is 1. The van der Waals surface area contributed by atoms with Gasteiger partial charge in [0.2, 0.25) is 0 Å². The molecule has 1 saturated carbocycles. The van der Waals surface area contributed by atoms with Gasteiger partial charge >= 0.3 is 0 Å². The van der Waals surface area contributed by atoms with Crippen LogP contribution in [0.25, 0.3) is 0 Å². The van der Waals surface area contributed by atoms with Crippen LogP contribution in [0.3, 0.4) is 0 Å². The van der Waals surface area contributed by atoms with Crippen molar-refractivity contribution < 1.29 is 8.78 Å². The second kappa shape index (κ2) is 5.58. The molecular formula is C16H23F2N. The summed E-state index contributed by atoms with van der Waals surface area (Å²) >= 11 is 0. The molecule has 0 aliphatic heterocycles. The number of likely N-dealkylation sites (N-methyl/N-ethyl adjacent to an activating group) is 1. The van der Waals surface area contributed by atoms with Crippen molar-refractivity contribution in [3.05, 3.63) is 35.4 Å². The van der Waals surface area contributed by atoms with Crippen LogP contribution in [0.5, 0.6) is 0 Å². The Balaban J connectivity index is 2.17. The molecule has 106 valence electrons.